The Bertz CT molecular complexity index is 809. The van der Waals surface area contributed by atoms with E-state index < -0.39 is 12.2 Å². The molecule has 24 heavy (non-hydrogen) atoms. The van der Waals surface area contributed by atoms with Crippen molar-refractivity contribution in [3.8, 4) is 5.69 Å². The lowest BCUT2D eigenvalue weighted by atomic mass is 10.1. The van der Waals surface area contributed by atoms with Crippen molar-refractivity contribution in [2.45, 2.75) is 32.1 Å². The van der Waals surface area contributed by atoms with E-state index in [1.165, 1.54) is 12.5 Å². The summed E-state index contributed by atoms with van der Waals surface area (Å²) in [5.74, 6) is -0.370. The van der Waals surface area contributed by atoms with Gasteiger partial charge in [-0.15, -0.1) is 0 Å². The van der Waals surface area contributed by atoms with E-state index in [2.05, 4.69) is 0 Å². The molecule has 128 valence electrons. The zero-order valence-corrected chi connectivity index (χ0v) is 14.7. The van der Waals surface area contributed by atoms with E-state index >= 15 is 0 Å². The van der Waals surface area contributed by atoms with Crippen LogP contribution in [0.15, 0.2) is 30.5 Å². The fourth-order valence-electron chi connectivity index (χ4n) is 2.92. The Hall–Kier alpha value is -1.96. The van der Waals surface area contributed by atoms with Gasteiger partial charge in [0.2, 0.25) is 0 Å². The predicted molar refractivity (Wildman–Crippen MR) is 92.5 cm³/mol. The van der Waals surface area contributed by atoms with Gasteiger partial charge in [-0.25, -0.2) is 0 Å². The summed E-state index contributed by atoms with van der Waals surface area (Å²) in [7, 11) is 1.88. The predicted octanol–water partition coefficient (Wildman–Crippen LogP) is 2.18. The first kappa shape index (κ1) is 16.9. The number of aryl methyl sites for hydroxylation is 1. The first-order valence-electron chi connectivity index (χ1n) is 7.78. The highest BCUT2D eigenvalue weighted by atomic mass is 32.1. The molecule has 0 saturated carbocycles. The monoisotopic (exact) mass is 347 g/mol. The highest BCUT2D eigenvalue weighted by Gasteiger charge is 2.40. The summed E-state index contributed by atoms with van der Waals surface area (Å²) >= 11 is 5.55. The molecule has 6 nitrogen and oxygen atoms in total. The topological polar surface area (TPSA) is 71.4 Å². The Labute approximate surface area is 145 Å². The lowest BCUT2D eigenvalue weighted by Gasteiger charge is -2.20. The van der Waals surface area contributed by atoms with Gasteiger partial charge in [0.1, 0.15) is 6.10 Å². The Balaban J connectivity index is 2.00. The molecule has 3 atom stereocenters. The van der Waals surface area contributed by atoms with Crippen molar-refractivity contribution in [1.29, 1.82) is 0 Å². The molecular formula is C17H21N3O3S. The van der Waals surface area contributed by atoms with Gasteiger partial charge in [-0.3, -0.25) is 9.36 Å². The van der Waals surface area contributed by atoms with Crippen LogP contribution in [0, 0.1) is 11.7 Å². The second-order valence-electron chi connectivity index (χ2n) is 6.09. The number of rotatable bonds is 3. The van der Waals surface area contributed by atoms with Crippen molar-refractivity contribution in [3.05, 3.63) is 46.5 Å². The van der Waals surface area contributed by atoms with Crippen molar-refractivity contribution >= 4 is 18.2 Å². The van der Waals surface area contributed by atoms with Crippen LogP contribution in [0.4, 0.5) is 0 Å². The minimum absolute atomic E-state index is 0.338. The lowest BCUT2D eigenvalue weighted by Crippen LogP contribution is -2.37. The van der Waals surface area contributed by atoms with Crippen LogP contribution >= 0.6 is 12.2 Å². The number of esters is 1. The fraction of sp³-hybridized carbons (Fsp3) is 0.412. The maximum atomic E-state index is 11.4. The molecule has 0 aliphatic carbocycles. The first-order chi connectivity index (χ1) is 11.4. The number of carbonyl (C=O) groups excluding carboxylic acids is 1. The van der Waals surface area contributed by atoms with Crippen LogP contribution in [0.5, 0.6) is 0 Å². The van der Waals surface area contributed by atoms with Crippen LogP contribution < -0.4 is 5.73 Å². The van der Waals surface area contributed by atoms with E-state index in [0.717, 1.165) is 11.4 Å². The molecule has 1 aromatic heterocycles. The quantitative estimate of drug-likeness (QED) is 0.681. The van der Waals surface area contributed by atoms with E-state index in [1.54, 1.807) is 0 Å². The van der Waals surface area contributed by atoms with E-state index in [1.807, 2.05) is 53.6 Å². The van der Waals surface area contributed by atoms with Crippen LogP contribution in [0.25, 0.3) is 5.69 Å². The molecule has 0 unspecified atom stereocenters. The molecule has 7 heteroatoms. The molecule has 0 spiro atoms. The summed E-state index contributed by atoms with van der Waals surface area (Å²) in [6, 6.07) is 7.75. The molecule has 1 fully saturated rings. The van der Waals surface area contributed by atoms with Gasteiger partial charge in [0.15, 0.2) is 10.9 Å². The van der Waals surface area contributed by atoms with Gasteiger partial charge in [-0.2, -0.15) is 0 Å². The van der Waals surface area contributed by atoms with Gasteiger partial charge in [-0.1, -0.05) is 17.7 Å². The normalized spacial score (nSPS) is 23.4. The third kappa shape index (κ3) is 3.02. The van der Waals surface area contributed by atoms with E-state index in [-0.39, 0.29) is 12.0 Å². The van der Waals surface area contributed by atoms with Crippen LogP contribution in [0.3, 0.4) is 0 Å². The third-order valence-corrected chi connectivity index (χ3v) is 4.71. The lowest BCUT2D eigenvalue weighted by molar-refractivity contribution is -0.149. The minimum atomic E-state index is -0.517. The van der Waals surface area contributed by atoms with Crippen LogP contribution in [0.2, 0.25) is 0 Å². The molecule has 1 aliphatic heterocycles. The number of aromatic nitrogens is 2. The van der Waals surface area contributed by atoms with Crippen molar-refractivity contribution in [2.24, 2.45) is 12.8 Å². The molecule has 1 aliphatic rings. The number of hydrogen-bond donors (Lipinski definition) is 1. The molecule has 0 radical (unpaired) electrons. The molecule has 0 bridgehead atoms. The minimum Gasteiger partial charge on any atom is -0.458 e. The summed E-state index contributed by atoms with van der Waals surface area (Å²) in [5.41, 5.74) is 9.02. The molecule has 2 heterocycles. The summed E-state index contributed by atoms with van der Waals surface area (Å²) in [6.07, 6.45) is 0.978. The molecular weight excluding hydrogens is 326 g/mol. The van der Waals surface area contributed by atoms with Gasteiger partial charge >= 0.3 is 5.97 Å². The van der Waals surface area contributed by atoms with Gasteiger partial charge in [0.05, 0.1) is 18.3 Å². The molecule has 2 N–H and O–H groups in total. The van der Waals surface area contributed by atoms with Crippen molar-refractivity contribution in [3.63, 3.8) is 0 Å². The fourth-order valence-corrected chi connectivity index (χ4v) is 3.19. The van der Waals surface area contributed by atoms with Crippen LogP contribution in [-0.2, 0) is 21.3 Å². The molecule has 1 saturated heterocycles. The van der Waals surface area contributed by atoms with Gasteiger partial charge < -0.3 is 19.8 Å². The van der Waals surface area contributed by atoms with Crippen molar-refractivity contribution < 1.29 is 14.3 Å². The largest absolute Gasteiger partial charge is 0.458 e. The van der Waals surface area contributed by atoms with Crippen molar-refractivity contribution in [2.75, 3.05) is 6.61 Å². The first-order valence-corrected chi connectivity index (χ1v) is 8.19. The average Bonchev–Trinajstić information content (AvgIpc) is 3.02. The second-order valence-corrected chi connectivity index (χ2v) is 6.46. The van der Waals surface area contributed by atoms with Crippen LogP contribution in [0.1, 0.15) is 24.3 Å². The number of nitrogens with two attached hydrogens (primary N) is 1. The average molecular weight is 347 g/mol. The van der Waals surface area contributed by atoms with Crippen molar-refractivity contribution in [1.82, 2.24) is 9.13 Å². The zero-order valence-electron chi connectivity index (χ0n) is 13.9. The summed E-state index contributed by atoms with van der Waals surface area (Å²) in [4.78, 5) is 11.4. The van der Waals surface area contributed by atoms with Gasteiger partial charge in [0.25, 0.3) is 0 Å². The standard InChI is InChI=1S/C17H21N3O3S/c1-10-4-6-12(7-5-10)20-8-14(19(3)17(20)24)16-15(23-11(2)21)13(18)9-22-16/h4-8,13,15-16H,9,18H2,1-3H3/t13-,15+,16-/m0/s1. The summed E-state index contributed by atoms with van der Waals surface area (Å²) < 4.78 is 15.6. The smallest absolute Gasteiger partial charge is 0.303 e. The Kier molecular flexibility index (Phi) is 4.58. The molecule has 0 amide bonds. The maximum absolute atomic E-state index is 11.4. The van der Waals surface area contributed by atoms with E-state index in [4.69, 9.17) is 27.4 Å². The second kappa shape index (κ2) is 6.51. The molecule has 3 rings (SSSR count). The Morgan fingerprint density at radius 3 is 2.67 bits per heavy atom. The number of imidazole rings is 1. The van der Waals surface area contributed by atoms with E-state index in [9.17, 15) is 4.79 Å². The van der Waals surface area contributed by atoms with Gasteiger partial charge in [-0.05, 0) is 31.3 Å². The summed E-state index contributed by atoms with van der Waals surface area (Å²) in [5, 5.41) is 0. The molecule has 2 aromatic rings. The van der Waals surface area contributed by atoms with Crippen LogP contribution in [-0.4, -0.2) is 33.9 Å². The zero-order chi connectivity index (χ0) is 17.4. The van der Waals surface area contributed by atoms with Gasteiger partial charge in [0, 0.05) is 25.9 Å². The number of ether oxygens (including phenoxy) is 2. The number of carbonyl (C=O) groups is 1. The Morgan fingerprint density at radius 2 is 2.04 bits per heavy atom. The molecule has 1 aromatic carbocycles. The number of hydrogen-bond acceptors (Lipinski definition) is 5. The third-order valence-electron chi connectivity index (χ3n) is 4.24. The summed E-state index contributed by atoms with van der Waals surface area (Å²) in [6.45, 7) is 3.75. The van der Waals surface area contributed by atoms with E-state index in [0.29, 0.717) is 11.4 Å². The highest BCUT2D eigenvalue weighted by Crippen LogP contribution is 2.32. The maximum Gasteiger partial charge on any atom is 0.303 e. The Morgan fingerprint density at radius 1 is 1.38 bits per heavy atom. The highest BCUT2D eigenvalue weighted by molar-refractivity contribution is 7.71. The SMILES string of the molecule is CC(=O)O[C@@H]1[C@@H](N)CO[C@H]1c1cn(-c2ccc(C)cc2)c(=S)n1C. The number of benzene rings is 1. The number of nitrogens with zero attached hydrogens (tertiary/aromatic N) is 2.